The van der Waals surface area contributed by atoms with Gasteiger partial charge in [-0.2, -0.15) is 9.78 Å². The van der Waals surface area contributed by atoms with Gasteiger partial charge in [0.25, 0.3) is 11.5 Å². The number of anilines is 1. The number of amides is 1. The molecule has 0 saturated carbocycles. The predicted octanol–water partition coefficient (Wildman–Crippen LogP) is 3.89. The molecule has 1 aliphatic heterocycles. The molecule has 0 unspecified atom stereocenters. The number of carbonyl (C=O) groups excluding carboxylic acids is 1. The quantitative estimate of drug-likeness (QED) is 0.617. The van der Waals surface area contributed by atoms with Crippen molar-refractivity contribution in [3.63, 3.8) is 0 Å². The van der Waals surface area contributed by atoms with Crippen LogP contribution in [-0.2, 0) is 0 Å². The molecule has 1 aromatic heterocycles. The number of benzene rings is 2. The zero-order valence-corrected chi connectivity index (χ0v) is 17.7. The molecule has 1 saturated heterocycles. The zero-order valence-electron chi connectivity index (χ0n) is 16.2. The van der Waals surface area contributed by atoms with E-state index in [9.17, 15) is 9.59 Å². The summed E-state index contributed by atoms with van der Waals surface area (Å²) in [6.45, 7) is 2.37. The Hall–Kier alpha value is -2.83. The highest BCUT2D eigenvalue weighted by atomic mass is 35.5. The van der Waals surface area contributed by atoms with Crippen molar-refractivity contribution in [3.8, 4) is 5.69 Å². The lowest BCUT2D eigenvalue weighted by Crippen LogP contribution is -2.36. The molecule has 3 aromatic rings. The molecule has 0 N–H and O–H groups in total. The van der Waals surface area contributed by atoms with Gasteiger partial charge < -0.3 is 9.80 Å². The fraction of sp³-hybridized carbons (Fsp3) is 0.227. The van der Waals surface area contributed by atoms with Gasteiger partial charge in [0.2, 0.25) is 0 Å². The number of rotatable bonds is 3. The van der Waals surface area contributed by atoms with Gasteiger partial charge in [0.1, 0.15) is 5.02 Å². The van der Waals surface area contributed by atoms with Crippen LogP contribution < -0.4 is 10.5 Å². The van der Waals surface area contributed by atoms with Gasteiger partial charge in [-0.25, -0.2) is 0 Å². The van der Waals surface area contributed by atoms with E-state index >= 15 is 0 Å². The van der Waals surface area contributed by atoms with Crippen LogP contribution in [0.15, 0.2) is 65.6 Å². The third-order valence-corrected chi connectivity index (χ3v) is 5.69. The Morgan fingerprint density at radius 1 is 0.933 bits per heavy atom. The Balaban J connectivity index is 1.53. The lowest BCUT2D eigenvalue weighted by atomic mass is 10.2. The minimum atomic E-state index is -0.364. The van der Waals surface area contributed by atoms with Crippen molar-refractivity contribution in [2.24, 2.45) is 0 Å². The van der Waals surface area contributed by atoms with E-state index < -0.39 is 0 Å². The number of nitrogens with zero attached hydrogens (tertiary/aromatic N) is 4. The van der Waals surface area contributed by atoms with Crippen molar-refractivity contribution in [2.45, 2.75) is 6.42 Å². The summed E-state index contributed by atoms with van der Waals surface area (Å²) < 4.78 is 1.29. The summed E-state index contributed by atoms with van der Waals surface area (Å²) in [5.74, 6) is -0.0527. The molecule has 1 amide bonds. The highest BCUT2D eigenvalue weighted by Gasteiger charge is 2.23. The first-order valence-electron chi connectivity index (χ1n) is 9.67. The summed E-state index contributed by atoms with van der Waals surface area (Å²) in [6, 6.07) is 16.1. The number of hydrogen-bond donors (Lipinski definition) is 0. The van der Waals surface area contributed by atoms with Crippen LogP contribution in [-0.4, -0.2) is 46.8 Å². The number of halogens is 2. The topological polar surface area (TPSA) is 58.4 Å². The van der Waals surface area contributed by atoms with E-state index in [4.69, 9.17) is 23.2 Å². The molecule has 2 heterocycles. The van der Waals surface area contributed by atoms with E-state index in [0.717, 1.165) is 6.42 Å². The smallest absolute Gasteiger partial charge is 0.292 e. The van der Waals surface area contributed by atoms with Gasteiger partial charge in [-0.1, -0.05) is 47.5 Å². The van der Waals surface area contributed by atoms with Gasteiger partial charge in [0.15, 0.2) is 0 Å². The Kier molecular flexibility index (Phi) is 6.06. The molecule has 0 bridgehead atoms. The van der Waals surface area contributed by atoms with Gasteiger partial charge in [-0.3, -0.25) is 9.59 Å². The molecule has 2 aromatic carbocycles. The van der Waals surface area contributed by atoms with Crippen molar-refractivity contribution < 1.29 is 4.79 Å². The zero-order chi connectivity index (χ0) is 21.1. The van der Waals surface area contributed by atoms with E-state index in [0.29, 0.717) is 48.1 Å². The average Bonchev–Trinajstić information content (AvgIpc) is 3.02. The van der Waals surface area contributed by atoms with Crippen LogP contribution in [0.25, 0.3) is 5.69 Å². The second kappa shape index (κ2) is 8.90. The van der Waals surface area contributed by atoms with Gasteiger partial charge in [0, 0.05) is 36.8 Å². The summed E-state index contributed by atoms with van der Waals surface area (Å²) in [6.07, 6.45) is 2.37. The third-order valence-electron chi connectivity index (χ3n) is 5.10. The number of para-hydroxylation sites is 1. The Morgan fingerprint density at radius 3 is 2.50 bits per heavy atom. The maximum absolute atomic E-state index is 12.8. The molecule has 1 fully saturated rings. The van der Waals surface area contributed by atoms with Crippen LogP contribution in [0.3, 0.4) is 0 Å². The standard InChI is InChI=1S/C22H20Cl2N4O2/c23-17-7-4-6-16(14-17)21(29)27-11-5-10-26(12-13-27)19-15-25-28(22(30)20(19)24)18-8-2-1-3-9-18/h1-4,6-9,14-15H,5,10-13H2. The van der Waals surface area contributed by atoms with Crippen molar-refractivity contribution in [1.82, 2.24) is 14.7 Å². The largest absolute Gasteiger partial charge is 0.367 e. The van der Waals surface area contributed by atoms with Crippen molar-refractivity contribution in [2.75, 3.05) is 31.1 Å². The van der Waals surface area contributed by atoms with Crippen molar-refractivity contribution in [1.29, 1.82) is 0 Å². The molecule has 0 radical (unpaired) electrons. The average molecular weight is 443 g/mol. The summed E-state index contributed by atoms with van der Waals surface area (Å²) in [4.78, 5) is 29.4. The van der Waals surface area contributed by atoms with E-state index in [2.05, 4.69) is 5.10 Å². The second-order valence-corrected chi connectivity index (χ2v) is 7.85. The first kappa shape index (κ1) is 20.4. The second-order valence-electron chi connectivity index (χ2n) is 7.04. The van der Waals surface area contributed by atoms with Crippen LogP contribution in [0, 0.1) is 0 Å². The molecule has 30 heavy (non-hydrogen) atoms. The van der Waals surface area contributed by atoms with Gasteiger partial charge >= 0.3 is 0 Å². The Morgan fingerprint density at radius 2 is 1.73 bits per heavy atom. The summed E-state index contributed by atoms with van der Waals surface area (Å²) in [5, 5.41) is 4.97. The number of aromatic nitrogens is 2. The molecule has 4 rings (SSSR count). The van der Waals surface area contributed by atoms with Crippen molar-refractivity contribution >= 4 is 34.8 Å². The van der Waals surface area contributed by atoms with Crippen LogP contribution in [0.5, 0.6) is 0 Å². The van der Waals surface area contributed by atoms with Gasteiger partial charge in [0.05, 0.1) is 17.6 Å². The van der Waals surface area contributed by atoms with E-state index in [1.807, 2.05) is 23.1 Å². The van der Waals surface area contributed by atoms with Crippen LogP contribution in [0.1, 0.15) is 16.8 Å². The van der Waals surface area contributed by atoms with E-state index in [1.54, 1.807) is 47.5 Å². The monoisotopic (exact) mass is 442 g/mol. The lowest BCUT2D eigenvalue weighted by molar-refractivity contribution is 0.0767. The molecule has 0 atom stereocenters. The van der Waals surface area contributed by atoms with Crippen molar-refractivity contribution in [3.05, 3.63) is 86.8 Å². The first-order chi connectivity index (χ1) is 14.5. The van der Waals surface area contributed by atoms with Crippen LogP contribution >= 0.6 is 23.2 Å². The molecular weight excluding hydrogens is 423 g/mol. The minimum Gasteiger partial charge on any atom is -0.367 e. The highest BCUT2D eigenvalue weighted by molar-refractivity contribution is 6.33. The normalized spacial score (nSPS) is 14.5. The number of carbonyl (C=O) groups is 1. The predicted molar refractivity (Wildman–Crippen MR) is 119 cm³/mol. The van der Waals surface area contributed by atoms with E-state index in [-0.39, 0.29) is 16.5 Å². The van der Waals surface area contributed by atoms with Crippen LogP contribution in [0.4, 0.5) is 5.69 Å². The summed E-state index contributed by atoms with van der Waals surface area (Å²) >= 11 is 12.5. The third kappa shape index (κ3) is 4.20. The van der Waals surface area contributed by atoms with Crippen LogP contribution in [0.2, 0.25) is 10.0 Å². The van der Waals surface area contributed by atoms with Gasteiger partial charge in [-0.05, 0) is 36.8 Å². The molecule has 0 aliphatic carbocycles. The molecule has 154 valence electrons. The molecule has 1 aliphatic rings. The Bertz CT molecular complexity index is 1120. The van der Waals surface area contributed by atoms with E-state index in [1.165, 1.54) is 4.68 Å². The molecule has 8 heteroatoms. The lowest BCUT2D eigenvalue weighted by Gasteiger charge is -2.24. The summed E-state index contributed by atoms with van der Waals surface area (Å²) in [5.41, 5.74) is 1.45. The number of hydrogen-bond acceptors (Lipinski definition) is 4. The fourth-order valence-electron chi connectivity index (χ4n) is 3.56. The minimum absolute atomic E-state index is 0.0527. The SMILES string of the molecule is O=C(c1cccc(Cl)c1)N1CCCN(c2cnn(-c3ccccc3)c(=O)c2Cl)CC1. The maximum Gasteiger partial charge on any atom is 0.292 e. The molecule has 0 spiro atoms. The highest BCUT2D eigenvalue weighted by Crippen LogP contribution is 2.23. The molecule has 6 nitrogen and oxygen atoms in total. The van der Waals surface area contributed by atoms with Gasteiger partial charge in [-0.15, -0.1) is 0 Å². The maximum atomic E-state index is 12.8. The first-order valence-corrected chi connectivity index (χ1v) is 10.4. The summed E-state index contributed by atoms with van der Waals surface area (Å²) in [7, 11) is 0. The fourth-order valence-corrected chi connectivity index (χ4v) is 4.00. The Labute approximate surface area is 184 Å². The molecular formula is C22H20Cl2N4O2.